The minimum atomic E-state index is -3.66. The summed E-state index contributed by atoms with van der Waals surface area (Å²) in [6.07, 6.45) is 4.39. The Morgan fingerprint density at radius 3 is 2.52 bits per heavy atom. The average molecular weight is 328 g/mol. The average Bonchev–Trinajstić information content (AvgIpc) is 3.07. The van der Waals surface area contributed by atoms with Crippen LogP contribution in [0.3, 0.4) is 0 Å². The van der Waals surface area contributed by atoms with Gasteiger partial charge < -0.3 is 0 Å². The highest BCUT2D eigenvalue weighted by atomic mass is 32.2. The van der Waals surface area contributed by atoms with Crippen molar-refractivity contribution < 1.29 is 8.42 Å². The molecule has 7 heteroatoms. The molecule has 0 aliphatic heterocycles. The maximum absolute atomic E-state index is 12.5. The van der Waals surface area contributed by atoms with Gasteiger partial charge in [0.05, 0.1) is 12.4 Å². The molecule has 118 valence electrons. The predicted molar refractivity (Wildman–Crippen MR) is 86.5 cm³/mol. The molecule has 1 atom stereocenters. The van der Waals surface area contributed by atoms with Crippen molar-refractivity contribution in [2.75, 3.05) is 0 Å². The summed E-state index contributed by atoms with van der Waals surface area (Å²) < 4.78 is 29.0. The van der Waals surface area contributed by atoms with Crippen LogP contribution in [0.25, 0.3) is 5.82 Å². The fraction of sp³-hybridized carbons (Fsp3) is 0.125. The molecule has 0 saturated heterocycles. The second-order valence-electron chi connectivity index (χ2n) is 5.06. The van der Waals surface area contributed by atoms with E-state index in [1.54, 1.807) is 25.3 Å². The van der Waals surface area contributed by atoms with Crippen molar-refractivity contribution in [3.63, 3.8) is 0 Å². The third kappa shape index (κ3) is 3.46. The van der Waals surface area contributed by atoms with Crippen LogP contribution in [0.4, 0.5) is 0 Å². The van der Waals surface area contributed by atoms with E-state index in [0.717, 1.165) is 5.56 Å². The number of benzene rings is 1. The summed E-state index contributed by atoms with van der Waals surface area (Å²) in [7, 11) is -3.66. The van der Waals surface area contributed by atoms with Crippen molar-refractivity contribution in [1.29, 1.82) is 0 Å². The van der Waals surface area contributed by atoms with E-state index in [-0.39, 0.29) is 10.9 Å². The summed E-state index contributed by atoms with van der Waals surface area (Å²) >= 11 is 0. The molecule has 1 N–H and O–H groups in total. The molecule has 0 bridgehead atoms. The molecular weight excluding hydrogens is 312 g/mol. The number of nitrogens with zero attached hydrogens (tertiary/aromatic N) is 3. The first-order chi connectivity index (χ1) is 11.1. The van der Waals surface area contributed by atoms with Gasteiger partial charge in [-0.2, -0.15) is 5.10 Å². The second-order valence-corrected chi connectivity index (χ2v) is 6.78. The Kier molecular flexibility index (Phi) is 4.22. The van der Waals surface area contributed by atoms with E-state index in [2.05, 4.69) is 14.8 Å². The molecule has 3 rings (SSSR count). The monoisotopic (exact) mass is 328 g/mol. The van der Waals surface area contributed by atoms with Crippen LogP contribution in [-0.4, -0.2) is 23.2 Å². The summed E-state index contributed by atoms with van der Waals surface area (Å²) in [4.78, 5) is 4.24. The van der Waals surface area contributed by atoms with Crippen molar-refractivity contribution in [1.82, 2.24) is 19.5 Å². The Morgan fingerprint density at radius 2 is 1.83 bits per heavy atom. The van der Waals surface area contributed by atoms with Crippen molar-refractivity contribution in [2.45, 2.75) is 17.9 Å². The zero-order valence-corrected chi connectivity index (χ0v) is 13.3. The van der Waals surface area contributed by atoms with E-state index in [1.165, 1.54) is 17.1 Å². The summed E-state index contributed by atoms with van der Waals surface area (Å²) in [5.41, 5.74) is 0.896. The van der Waals surface area contributed by atoms with Gasteiger partial charge in [-0.3, -0.25) is 0 Å². The van der Waals surface area contributed by atoms with Crippen LogP contribution in [-0.2, 0) is 10.0 Å². The Morgan fingerprint density at radius 1 is 1.09 bits per heavy atom. The smallest absolute Gasteiger partial charge is 0.237 e. The molecule has 6 nitrogen and oxygen atoms in total. The Hall–Kier alpha value is -2.51. The molecule has 2 heterocycles. The molecule has 3 aromatic rings. The summed E-state index contributed by atoms with van der Waals surface area (Å²) in [5, 5.41) is 4.07. The lowest BCUT2D eigenvalue weighted by molar-refractivity contribution is 0.567. The topological polar surface area (TPSA) is 76.9 Å². The summed E-state index contributed by atoms with van der Waals surface area (Å²) in [6, 6.07) is 14.4. The number of hydrogen-bond donors (Lipinski definition) is 1. The van der Waals surface area contributed by atoms with Crippen LogP contribution < -0.4 is 4.72 Å². The van der Waals surface area contributed by atoms with E-state index in [9.17, 15) is 8.42 Å². The molecule has 0 radical (unpaired) electrons. The maximum Gasteiger partial charge on any atom is 0.244 e. The number of nitrogens with one attached hydrogen (secondary N) is 1. The van der Waals surface area contributed by atoms with Crippen molar-refractivity contribution in [3.8, 4) is 5.82 Å². The molecule has 0 fully saturated rings. The molecule has 0 saturated carbocycles. The lowest BCUT2D eigenvalue weighted by Crippen LogP contribution is -2.26. The SMILES string of the molecule is C[C@H](NS(=O)(=O)c1cnn(-c2ccccn2)c1)c1ccccc1. The highest BCUT2D eigenvalue weighted by Gasteiger charge is 2.20. The van der Waals surface area contributed by atoms with Crippen LogP contribution in [0.5, 0.6) is 0 Å². The Labute approximate surface area is 134 Å². The van der Waals surface area contributed by atoms with Crippen molar-refractivity contribution in [2.24, 2.45) is 0 Å². The van der Waals surface area contributed by atoms with Crippen LogP contribution in [0, 0.1) is 0 Å². The zero-order chi connectivity index (χ0) is 16.3. The van der Waals surface area contributed by atoms with Crippen molar-refractivity contribution >= 4 is 10.0 Å². The van der Waals surface area contributed by atoms with Crippen LogP contribution in [0.1, 0.15) is 18.5 Å². The normalized spacial score (nSPS) is 12.9. The van der Waals surface area contributed by atoms with E-state index in [1.807, 2.05) is 36.4 Å². The van der Waals surface area contributed by atoms with Gasteiger partial charge in [0.15, 0.2) is 5.82 Å². The molecule has 23 heavy (non-hydrogen) atoms. The molecule has 0 spiro atoms. The number of aromatic nitrogens is 3. The first kappa shape index (κ1) is 15.4. The standard InChI is InChI=1S/C16H16N4O2S/c1-13(14-7-3-2-4-8-14)19-23(21,22)15-11-18-20(12-15)16-9-5-6-10-17-16/h2-13,19H,1H3/t13-/m0/s1. The first-order valence-electron chi connectivity index (χ1n) is 7.09. The minimum Gasteiger partial charge on any atom is -0.237 e. The third-order valence-electron chi connectivity index (χ3n) is 3.38. The quantitative estimate of drug-likeness (QED) is 0.780. The van der Waals surface area contributed by atoms with Gasteiger partial charge in [0.25, 0.3) is 0 Å². The molecule has 0 unspecified atom stereocenters. The van der Waals surface area contributed by atoms with Gasteiger partial charge in [0.2, 0.25) is 10.0 Å². The van der Waals surface area contributed by atoms with Crippen LogP contribution in [0.15, 0.2) is 72.0 Å². The van der Waals surface area contributed by atoms with Gasteiger partial charge in [0.1, 0.15) is 4.90 Å². The van der Waals surface area contributed by atoms with E-state index in [4.69, 9.17) is 0 Å². The fourth-order valence-electron chi connectivity index (χ4n) is 2.17. The molecule has 0 amide bonds. The highest BCUT2D eigenvalue weighted by Crippen LogP contribution is 2.17. The minimum absolute atomic E-state index is 0.103. The number of rotatable bonds is 5. The second kappa shape index (κ2) is 6.31. The largest absolute Gasteiger partial charge is 0.244 e. The Bertz CT molecular complexity index is 877. The molecule has 2 aromatic heterocycles. The molecule has 0 aliphatic rings. The molecule has 0 aliphatic carbocycles. The first-order valence-corrected chi connectivity index (χ1v) is 8.58. The number of sulfonamides is 1. The predicted octanol–water partition coefficient (Wildman–Crippen LogP) is 2.31. The van der Waals surface area contributed by atoms with E-state index in [0.29, 0.717) is 5.82 Å². The van der Waals surface area contributed by atoms with Gasteiger partial charge in [-0.05, 0) is 24.6 Å². The van der Waals surface area contributed by atoms with E-state index >= 15 is 0 Å². The molecular formula is C16H16N4O2S. The summed E-state index contributed by atoms with van der Waals surface area (Å²) in [5.74, 6) is 0.560. The van der Waals surface area contributed by atoms with Gasteiger partial charge in [-0.25, -0.2) is 22.8 Å². The zero-order valence-electron chi connectivity index (χ0n) is 12.5. The van der Waals surface area contributed by atoms with Crippen LogP contribution in [0.2, 0.25) is 0 Å². The van der Waals surface area contributed by atoms with Crippen LogP contribution >= 0.6 is 0 Å². The number of pyridine rings is 1. The third-order valence-corrected chi connectivity index (χ3v) is 4.88. The molecule has 1 aromatic carbocycles. The van der Waals surface area contributed by atoms with E-state index < -0.39 is 10.0 Å². The number of hydrogen-bond acceptors (Lipinski definition) is 4. The van der Waals surface area contributed by atoms with Crippen molar-refractivity contribution in [3.05, 3.63) is 72.7 Å². The summed E-state index contributed by atoms with van der Waals surface area (Å²) in [6.45, 7) is 1.80. The fourth-order valence-corrected chi connectivity index (χ4v) is 3.33. The lowest BCUT2D eigenvalue weighted by atomic mass is 10.1. The van der Waals surface area contributed by atoms with Gasteiger partial charge in [-0.1, -0.05) is 36.4 Å². The van der Waals surface area contributed by atoms with Gasteiger partial charge >= 0.3 is 0 Å². The van der Waals surface area contributed by atoms with Gasteiger partial charge in [-0.15, -0.1) is 0 Å². The maximum atomic E-state index is 12.5. The lowest BCUT2D eigenvalue weighted by Gasteiger charge is -2.13. The van der Waals surface area contributed by atoms with Gasteiger partial charge in [0, 0.05) is 12.2 Å². The Balaban J connectivity index is 1.82. The highest BCUT2D eigenvalue weighted by molar-refractivity contribution is 7.89.